The Morgan fingerprint density at radius 2 is 1.10 bits per heavy atom. The van der Waals surface area contributed by atoms with E-state index >= 15 is 0 Å². The fourth-order valence-corrected chi connectivity index (χ4v) is 8.12. The Morgan fingerprint density at radius 1 is 0.500 bits per heavy atom. The van der Waals surface area contributed by atoms with Crippen molar-refractivity contribution in [2.24, 2.45) is 0 Å². The molecule has 0 bridgehead atoms. The summed E-state index contributed by atoms with van der Waals surface area (Å²) in [6.45, 7) is 4.68. The van der Waals surface area contributed by atoms with Crippen molar-refractivity contribution in [1.29, 1.82) is 0 Å². The molecule has 0 unspecified atom stereocenters. The quantitative estimate of drug-likeness (QED) is 0.196. The van der Waals surface area contributed by atoms with E-state index in [0.717, 1.165) is 44.7 Å². The normalized spacial score (nSPS) is 13.4. The fraction of sp³-hybridized carbons (Fsp3) is 0.0667. The minimum Gasteiger partial charge on any atom is -0.454 e. The van der Waals surface area contributed by atoms with Gasteiger partial charge in [-0.25, -0.2) is 0 Å². The third-order valence-electron chi connectivity index (χ3n) is 10.4. The van der Waals surface area contributed by atoms with Crippen molar-refractivity contribution in [3.63, 3.8) is 0 Å². The molecule has 9 aromatic rings. The second-order valence-corrected chi connectivity index (χ2v) is 13.4. The van der Waals surface area contributed by atoms with Crippen LogP contribution in [0.4, 0.5) is 17.1 Å². The molecule has 0 atom stereocenters. The van der Waals surface area contributed by atoms with Crippen molar-refractivity contribution in [2.75, 3.05) is 4.90 Å². The highest BCUT2D eigenvalue weighted by Gasteiger charge is 2.36. The molecule has 0 saturated carbocycles. The van der Waals surface area contributed by atoms with Crippen LogP contribution < -0.4 is 4.90 Å². The molecule has 0 saturated heterocycles. The molecule has 0 radical (unpaired) electrons. The van der Waals surface area contributed by atoms with Crippen LogP contribution in [0.1, 0.15) is 25.0 Å². The van der Waals surface area contributed by atoms with Gasteiger partial charge in [0, 0.05) is 44.0 Å². The number of para-hydroxylation sites is 4. The lowest BCUT2D eigenvalue weighted by molar-refractivity contribution is 0.660. The molecule has 228 valence electrons. The number of benzene rings is 7. The molecule has 0 aliphatic heterocycles. The number of anilines is 3. The van der Waals surface area contributed by atoms with Gasteiger partial charge in [0.05, 0.1) is 16.7 Å². The van der Waals surface area contributed by atoms with E-state index in [0.29, 0.717) is 0 Å². The maximum Gasteiger partial charge on any atom is 0.159 e. The Balaban J connectivity index is 1.19. The van der Waals surface area contributed by atoms with Gasteiger partial charge in [-0.05, 0) is 82.9 Å². The Bertz CT molecular complexity index is 2650. The Morgan fingerprint density at radius 3 is 1.88 bits per heavy atom. The minimum atomic E-state index is -0.112. The van der Waals surface area contributed by atoms with Crippen molar-refractivity contribution in [3.8, 4) is 16.8 Å². The molecule has 48 heavy (non-hydrogen) atoms. The Kier molecular flexibility index (Phi) is 5.63. The van der Waals surface area contributed by atoms with Crippen molar-refractivity contribution < 1.29 is 4.42 Å². The summed E-state index contributed by atoms with van der Waals surface area (Å²) in [6, 6.07) is 56.9. The van der Waals surface area contributed by atoms with E-state index in [2.05, 4.69) is 175 Å². The monoisotopic (exact) mass is 616 g/mol. The van der Waals surface area contributed by atoms with Crippen LogP contribution in [0.5, 0.6) is 0 Å². The minimum absolute atomic E-state index is 0.112. The van der Waals surface area contributed by atoms with E-state index in [-0.39, 0.29) is 5.41 Å². The molecule has 3 nitrogen and oxygen atoms in total. The molecule has 7 aromatic carbocycles. The predicted molar refractivity (Wildman–Crippen MR) is 200 cm³/mol. The van der Waals surface area contributed by atoms with Gasteiger partial charge >= 0.3 is 0 Å². The zero-order chi connectivity index (χ0) is 32.0. The summed E-state index contributed by atoms with van der Waals surface area (Å²) >= 11 is 0. The first kappa shape index (κ1) is 27.1. The van der Waals surface area contributed by atoms with Crippen molar-refractivity contribution >= 4 is 60.8 Å². The topological polar surface area (TPSA) is 21.3 Å². The van der Waals surface area contributed by atoms with Gasteiger partial charge in [-0.3, -0.25) is 0 Å². The highest BCUT2D eigenvalue weighted by atomic mass is 16.3. The number of fused-ring (bicyclic) bond motifs is 9. The maximum absolute atomic E-state index is 6.63. The van der Waals surface area contributed by atoms with Crippen LogP contribution in [-0.4, -0.2) is 4.57 Å². The van der Waals surface area contributed by atoms with E-state index in [1.165, 1.54) is 44.1 Å². The molecule has 1 aliphatic carbocycles. The predicted octanol–water partition coefficient (Wildman–Crippen LogP) is 12.5. The van der Waals surface area contributed by atoms with Crippen LogP contribution >= 0.6 is 0 Å². The van der Waals surface area contributed by atoms with Gasteiger partial charge in [-0.15, -0.1) is 0 Å². The van der Waals surface area contributed by atoms with E-state index in [1.54, 1.807) is 0 Å². The Labute approximate surface area is 278 Å². The molecule has 0 fully saturated rings. The van der Waals surface area contributed by atoms with E-state index in [4.69, 9.17) is 4.42 Å². The lowest BCUT2D eigenvalue weighted by Crippen LogP contribution is -2.16. The van der Waals surface area contributed by atoms with Gasteiger partial charge in [-0.2, -0.15) is 0 Å². The average molecular weight is 617 g/mol. The van der Waals surface area contributed by atoms with Crippen molar-refractivity contribution in [2.45, 2.75) is 19.3 Å². The lowest BCUT2D eigenvalue weighted by Gasteiger charge is -2.28. The highest BCUT2D eigenvalue weighted by Crippen LogP contribution is 2.51. The van der Waals surface area contributed by atoms with E-state index in [9.17, 15) is 0 Å². The van der Waals surface area contributed by atoms with E-state index in [1.807, 2.05) is 6.07 Å². The largest absolute Gasteiger partial charge is 0.454 e. The van der Waals surface area contributed by atoms with Crippen LogP contribution in [0.25, 0.3) is 60.6 Å². The Hall–Kier alpha value is -6.06. The number of aromatic nitrogens is 1. The van der Waals surface area contributed by atoms with Gasteiger partial charge < -0.3 is 13.9 Å². The summed E-state index contributed by atoms with van der Waals surface area (Å²) in [5, 5.41) is 4.76. The van der Waals surface area contributed by atoms with Gasteiger partial charge in [-0.1, -0.05) is 111 Å². The number of hydrogen-bond acceptors (Lipinski definition) is 2. The third kappa shape index (κ3) is 3.76. The molecule has 0 amide bonds. The summed E-state index contributed by atoms with van der Waals surface area (Å²) in [7, 11) is 0. The van der Waals surface area contributed by atoms with Crippen molar-refractivity contribution in [1.82, 2.24) is 4.57 Å². The summed E-state index contributed by atoms with van der Waals surface area (Å²) in [5.74, 6) is 0. The number of hydrogen-bond donors (Lipinski definition) is 0. The van der Waals surface area contributed by atoms with Crippen LogP contribution in [0, 0.1) is 0 Å². The average Bonchev–Trinajstić information content (AvgIpc) is 3.75. The van der Waals surface area contributed by atoms with Gasteiger partial charge in [0.1, 0.15) is 5.58 Å². The first-order chi connectivity index (χ1) is 23.6. The van der Waals surface area contributed by atoms with Crippen LogP contribution in [0.2, 0.25) is 0 Å². The molecule has 2 heterocycles. The van der Waals surface area contributed by atoms with Crippen LogP contribution in [0.3, 0.4) is 0 Å². The number of rotatable bonds is 4. The van der Waals surface area contributed by atoms with Gasteiger partial charge in [0.25, 0.3) is 0 Å². The standard InChI is InChI=1S/C45H32N2O/c1-45(2)38-17-7-3-12-32(38)33-27-26-31(28-39(33)45)46(42-20-11-16-37-36-15-6-10-21-43(36)48-44(37)42)29-22-24-30(25-23-29)47-40-18-8-4-13-34(40)35-14-5-9-19-41(35)47/h3-28H,1-2H3. The van der Waals surface area contributed by atoms with Crippen molar-refractivity contribution in [3.05, 3.63) is 169 Å². The maximum atomic E-state index is 6.63. The molecule has 0 N–H and O–H groups in total. The van der Waals surface area contributed by atoms with Crippen LogP contribution in [-0.2, 0) is 5.41 Å². The van der Waals surface area contributed by atoms with E-state index < -0.39 is 0 Å². The second kappa shape index (κ2) is 9.97. The summed E-state index contributed by atoms with van der Waals surface area (Å²) in [4.78, 5) is 2.36. The molecular weight excluding hydrogens is 585 g/mol. The SMILES string of the molecule is CC1(C)c2ccccc2-c2ccc(N(c3ccc(-n4c5ccccc5c5ccccc54)cc3)c3cccc4c3oc3ccccc34)cc21. The summed E-state index contributed by atoms with van der Waals surface area (Å²) in [5.41, 5.74) is 13.7. The number of furan rings is 1. The summed E-state index contributed by atoms with van der Waals surface area (Å²) in [6.07, 6.45) is 0. The third-order valence-corrected chi connectivity index (χ3v) is 10.4. The second-order valence-electron chi connectivity index (χ2n) is 13.4. The zero-order valence-electron chi connectivity index (χ0n) is 26.8. The molecule has 0 spiro atoms. The molecule has 3 heteroatoms. The smallest absolute Gasteiger partial charge is 0.159 e. The molecular formula is C45H32N2O. The van der Waals surface area contributed by atoms with Crippen LogP contribution in [0.15, 0.2) is 162 Å². The lowest BCUT2D eigenvalue weighted by atomic mass is 9.82. The fourth-order valence-electron chi connectivity index (χ4n) is 8.12. The molecule has 1 aliphatic rings. The van der Waals surface area contributed by atoms with Gasteiger partial charge in [0.2, 0.25) is 0 Å². The molecule has 2 aromatic heterocycles. The first-order valence-corrected chi connectivity index (χ1v) is 16.6. The highest BCUT2D eigenvalue weighted by molar-refractivity contribution is 6.11. The number of nitrogens with zero attached hydrogens (tertiary/aromatic N) is 2. The zero-order valence-corrected chi connectivity index (χ0v) is 26.8. The molecule has 10 rings (SSSR count). The summed E-state index contributed by atoms with van der Waals surface area (Å²) < 4.78 is 8.99. The first-order valence-electron chi connectivity index (χ1n) is 16.6. The van der Waals surface area contributed by atoms with Gasteiger partial charge in [0.15, 0.2) is 5.58 Å².